The Kier molecular flexibility index (Phi) is 4.65. The molecule has 0 spiro atoms. The predicted molar refractivity (Wildman–Crippen MR) is 55.0 cm³/mol. The molecule has 80 valence electrons. The van der Waals surface area contributed by atoms with E-state index in [1.807, 2.05) is 31.1 Å². The molecule has 1 rings (SSSR count). The van der Waals surface area contributed by atoms with E-state index >= 15 is 0 Å². The smallest absolute Gasteiger partial charge is 0.117 e. The van der Waals surface area contributed by atoms with E-state index in [4.69, 9.17) is 4.42 Å². The van der Waals surface area contributed by atoms with Gasteiger partial charge in [0.2, 0.25) is 0 Å². The maximum atomic E-state index is 9.51. The average Bonchev–Trinajstić information content (AvgIpc) is 2.55. The standard InChI is InChI=1S/C10H18N2O2/c1-12(2)8-9(13)6-11-7-10-4-3-5-14-10/h3-5,9,11,13H,6-8H2,1-2H3. The molecule has 4 heteroatoms. The van der Waals surface area contributed by atoms with E-state index in [1.165, 1.54) is 0 Å². The van der Waals surface area contributed by atoms with Gasteiger partial charge in [0, 0.05) is 13.1 Å². The summed E-state index contributed by atoms with van der Waals surface area (Å²) in [6, 6.07) is 3.76. The molecule has 0 radical (unpaired) electrons. The van der Waals surface area contributed by atoms with Crippen LogP contribution in [0, 0.1) is 0 Å². The summed E-state index contributed by atoms with van der Waals surface area (Å²) in [5, 5.41) is 12.6. The predicted octanol–water partition coefficient (Wildman–Crippen LogP) is 0.292. The lowest BCUT2D eigenvalue weighted by molar-refractivity contribution is 0.134. The average molecular weight is 198 g/mol. The van der Waals surface area contributed by atoms with Crippen molar-refractivity contribution in [1.29, 1.82) is 0 Å². The molecule has 0 saturated carbocycles. The van der Waals surface area contributed by atoms with Crippen LogP contribution in [-0.2, 0) is 6.54 Å². The van der Waals surface area contributed by atoms with Gasteiger partial charge in [0.05, 0.1) is 18.9 Å². The first-order valence-corrected chi connectivity index (χ1v) is 4.74. The molecule has 0 fully saturated rings. The molecule has 0 aliphatic rings. The number of rotatable bonds is 6. The zero-order chi connectivity index (χ0) is 10.4. The monoisotopic (exact) mass is 198 g/mol. The van der Waals surface area contributed by atoms with Crippen LogP contribution in [0.3, 0.4) is 0 Å². The number of nitrogens with zero attached hydrogens (tertiary/aromatic N) is 1. The van der Waals surface area contributed by atoms with E-state index in [0.717, 1.165) is 5.76 Å². The van der Waals surface area contributed by atoms with Gasteiger partial charge in [0.1, 0.15) is 5.76 Å². The number of aliphatic hydroxyl groups excluding tert-OH is 1. The number of aliphatic hydroxyl groups is 1. The highest BCUT2D eigenvalue weighted by molar-refractivity contribution is 4.97. The third-order valence-corrected chi connectivity index (χ3v) is 1.84. The van der Waals surface area contributed by atoms with Crippen LogP contribution in [-0.4, -0.2) is 43.3 Å². The Morgan fingerprint density at radius 3 is 2.93 bits per heavy atom. The third-order valence-electron chi connectivity index (χ3n) is 1.84. The summed E-state index contributed by atoms with van der Waals surface area (Å²) in [4.78, 5) is 1.96. The van der Waals surface area contributed by atoms with Crippen LogP contribution in [0.1, 0.15) is 5.76 Å². The minimum absolute atomic E-state index is 0.333. The van der Waals surface area contributed by atoms with Crippen LogP contribution in [0.2, 0.25) is 0 Å². The van der Waals surface area contributed by atoms with Crippen LogP contribution >= 0.6 is 0 Å². The minimum atomic E-state index is -0.333. The molecule has 1 aromatic rings. The highest BCUT2D eigenvalue weighted by Gasteiger charge is 2.04. The lowest BCUT2D eigenvalue weighted by Gasteiger charge is -2.15. The molecule has 14 heavy (non-hydrogen) atoms. The Bertz CT molecular complexity index is 234. The second-order valence-electron chi connectivity index (χ2n) is 3.63. The summed E-state index contributed by atoms with van der Waals surface area (Å²) < 4.78 is 5.14. The maximum absolute atomic E-state index is 9.51. The van der Waals surface area contributed by atoms with Crippen molar-refractivity contribution in [1.82, 2.24) is 10.2 Å². The molecule has 1 atom stereocenters. The van der Waals surface area contributed by atoms with Gasteiger partial charge in [0.25, 0.3) is 0 Å². The second kappa shape index (κ2) is 5.80. The number of likely N-dealkylation sites (N-methyl/N-ethyl adjacent to an activating group) is 1. The first-order valence-electron chi connectivity index (χ1n) is 4.74. The fourth-order valence-corrected chi connectivity index (χ4v) is 1.26. The van der Waals surface area contributed by atoms with Crippen LogP contribution < -0.4 is 5.32 Å². The lowest BCUT2D eigenvalue weighted by atomic mass is 10.3. The molecule has 0 bridgehead atoms. The summed E-state index contributed by atoms with van der Waals surface area (Å²) >= 11 is 0. The van der Waals surface area contributed by atoms with Gasteiger partial charge in [-0.05, 0) is 26.2 Å². The Balaban J connectivity index is 2.09. The van der Waals surface area contributed by atoms with E-state index in [-0.39, 0.29) is 6.10 Å². The summed E-state index contributed by atoms with van der Waals surface area (Å²) in [5.41, 5.74) is 0. The molecule has 0 amide bonds. The molecule has 2 N–H and O–H groups in total. The molecular weight excluding hydrogens is 180 g/mol. The van der Waals surface area contributed by atoms with Crippen LogP contribution in [0.4, 0.5) is 0 Å². The van der Waals surface area contributed by atoms with Crippen molar-refractivity contribution in [3.63, 3.8) is 0 Å². The second-order valence-corrected chi connectivity index (χ2v) is 3.63. The van der Waals surface area contributed by atoms with E-state index in [0.29, 0.717) is 19.6 Å². The first kappa shape index (κ1) is 11.2. The van der Waals surface area contributed by atoms with E-state index in [1.54, 1.807) is 6.26 Å². The summed E-state index contributed by atoms with van der Waals surface area (Å²) in [7, 11) is 3.88. The largest absolute Gasteiger partial charge is 0.468 e. The molecule has 0 aliphatic carbocycles. The van der Waals surface area contributed by atoms with Crippen molar-refractivity contribution in [3.8, 4) is 0 Å². The molecule has 1 aromatic heterocycles. The Labute approximate surface area is 84.5 Å². The number of hydrogen-bond acceptors (Lipinski definition) is 4. The topological polar surface area (TPSA) is 48.6 Å². The zero-order valence-corrected chi connectivity index (χ0v) is 8.73. The van der Waals surface area contributed by atoms with Crippen molar-refractivity contribution in [2.24, 2.45) is 0 Å². The molecule has 4 nitrogen and oxygen atoms in total. The molecule has 1 heterocycles. The fourth-order valence-electron chi connectivity index (χ4n) is 1.26. The fraction of sp³-hybridized carbons (Fsp3) is 0.600. The van der Waals surface area contributed by atoms with Crippen LogP contribution in [0.5, 0.6) is 0 Å². The quantitative estimate of drug-likeness (QED) is 0.690. The molecule has 1 unspecified atom stereocenters. The Morgan fingerprint density at radius 2 is 2.36 bits per heavy atom. The van der Waals surface area contributed by atoms with E-state index in [2.05, 4.69) is 5.32 Å². The summed E-state index contributed by atoms with van der Waals surface area (Å²) in [6.07, 6.45) is 1.31. The van der Waals surface area contributed by atoms with Crippen LogP contribution in [0.15, 0.2) is 22.8 Å². The maximum Gasteiger partial charge on any atom is 0.117 e. The van der Waals surface area contributed by atoms with Crippen molar-refractivity contribution in [2.45, 2.75) is 12.6 Å². The van der Waals surface area contributed by atoms with Crippen LogP contribution in [0.25, 0.3) is 0 Å². The zero-order valence-electron chi connectivity index (χ0n) is 8.73. The summed E-state index contributed by atoms with van der Waals surface area (Å²) in [5.74, 6) is 0.891. The SMILES string of the molecule is CN(C)CC(O)CNCc1ccco1. The highest BCUT2D eigenvalue weighted by Crippen LogP contribution is 1.98. The third kappa shape index (κ3) is 4.41. The molecule has 0 aromatic carbocycles. The number of hydrogen-bond donors (Lipinski definition) is 2. The van der Waals surface area contributed by atoms with Gasteiger partial charge < -0.3 is 19.7 Å². The van der Waals surface area contributed by atoms with Crippen molar-refractivity contribution in [3.05, 3.63) is 24.2 Å². The Morgan fingerprint density at radius 1 is 1.57 bits per heavy atom. The van der Waals surface area contributed by atoms with Gasteiger partial charge in [-0.25, -0.2) is 0 Å². The lowest BCUT2D eigenvalue weighted by Crippen LogP contribution is -2.34. The van der Waals surface area contributed by atoms with Gasteiger partial charge >= 0.3 is 0 Å². The molecular formula is C10H18N2O2. The van der Waals surface area contributed by atoms with Gasteiger partial charge in [-0.2, -0.15) is 0 Å². The van der Waals surface area contributed by atoms with Gasteiger partial charge in [-0.3, -0.25) is 0 Å². The number of furan rings is 1. The molecule has 0 aliphatic heterocycles. The number of nitrogens with one attached hydrogen (secondary N) is 1. The summed E-state index contributed by atoms with van der Waals surface area (Å²) in [6.45, 7) is 1.92. The normalized spacial score (nSPS) is 13.4. The minimum Gasteiger partial charge on any atom is -0.468 e. The van der Waals surface area contributed by atoms with Crippen molar-refractivity contribution in [2.75, 3.05) is 27.2 Å². The van der Waals surface area contributed by atoms with Gasteiger partial charge in [-0.15, -0.1) is 0 Å². The van der Waals surface area contributed by atoms with Crippen molar-refractivity contribution >= 4 is 0 Å². The highest BCUT2D eigenvalue weighted by atomic mass is 16.3. The van der Waals surface area contributed by atoms with E-state index in [9.17, 15) is 5.11 Å². The first-order chi connectivity index (χ1) is 6.68. The Hall–Kier alpha value is -0.840. The van der Waals surface area contributed by atoms with Gasteiger partial charge in [-0.1, -0.05) is 0 Å². The van der Waals surface area contributed by atoms with E-state index < -0.39 is 0 Å². The van der Waals surface area contributed by atoms with Gasteiger partial charge in [0.15, 0.2) is 0 Å². The molecule has 0 saturated heterocycles. The van der Waals surface area contributed by atoms with Crippen molar-refractivity contribution < 1.29 is 9.52 Å².